The summed E-state index contributed by atoms with van der Waals surface area (Å²) in [6, 6.07) is 6.95. The summed E-state index contributed by atoms with van der Waals surface area (Å²) < 4.78 is 5.82. The van der Waals surface area contributed by atoms with Crippen molar-refractivity contribution in [3.63, 3.8) is 0 Å². The highest BCUT2D eigenvalue weighted by Gasteiger charge is 2.32. The van der Waals surface area contributed by atoms with E-state index in [4.69, 9.17) is 10.5 Å². The van der Waals surface area contributed by atoms with Crippen molar-refractivity contribution < 1.29 is 4.74 Å². The van der Waals surface area contributed by atoms with Gasteiger partial charge < -0.3 is 10.5 Å². The minimum absolute atomic E-state index is 0.339. The van der Waals surface area contributed by atoms with Crippen LogP contribution in [0.15, 0.2) is 18.2 Å². The summed E-state index contributed by atoms with van der Waals surface area (Å²) in [4.78, 5) is 2.58. The number of ether oxygens (including phenoxy) is 1. The predicted octanol–water partition coefficient (Wildman–Crippen LogP) is 2.37. The lowest BCUT2D eigenvalue weighted by atomic mass is 10.0. The predicted molar refractivity (Wildman–Crippen MR) is 73.5 cm³/mol. The summed E-state index contributed by atoms with van der Waals surface area (Å²) in [7, 11) is 0. The van der Waals surface area contributed by atoms with Gasteiger partial charge in [0.1, 0.15) is 0 Å². The lowest BCUT2D eigenvalue weighted by Crippen LogP contribution is -2.46. The summed E-state index contributed by atoms with van der Waals surface area (Å²) in [6.45, 7) is 6.42. The smallest absolute Gasteiger partial charge is 0.0678 e. The number of nitrogens with zero attached hydrogens (tertiary/aromatic N) is 1. The first-order chi connectivity index (χ1) is 8.63. The van der Waals surface area contributed by atoms with Gasteiger partial charge in [0.05, 0.1) is 12.2 Å². The van der Waals surface area contributed by atoms with Gasteiger partial charge in [0.25, 0.3) is 0 Å². The number of rotatable bonds is 1. The van der Waals surface area contributed by atoms with Crippen LogP contribution >= 0.6 is 0 Å². The van der Waals surface area contributed by atoms with Gasteiger partial charge >= 0.3 is 0 Å². The van der Waals surface area contributed by atoms with Gasteiger partial charge in [0.2, 0.25) is 0 Å². The number of hydrogen-bond donors (Lipinski definition) is 1. The number of nitrogens with two attached hydrogens (primary N) is 1. The van der Waals surface area contributed by atoms with Gasteiger partial charge in [-0.25, -0.2) is 0 Å². The van der Waals surface area contributed by atoms with Crippen LogP contribution < -0.4 is 5.73 Å². The van der Waals surface area contributed by atoms with E-state index in [0.717, 1.165) is 25.2 Å². The molecule has 1 heterocycles. The van der Waals surface area contributed by atoms with Crippen LogP contribution in [-0.2, 0) is 11.2 Å². The first-order valence-corrected chi connectivity index (χ1v) is 6.91. The third-order valence-electron chi connectivity index (χ3n) is 4.10. The Balaban J connectivity index is 1.83. The molecule has 3 heteroatoms. The first kappa shape index (κ1) is 12.0. The molecule has 0 aromatic heterocycles. The van der Waals surface area contributed by atoms with Crippen molar-refractivity contribution in [2.24, 2.45) is 0 Å². The van der Waals surface area contributed by atoms with Crippen LogP contribution in [0.5, 0.6) is 0 Å². The van der Waals surface area contributed by atoms with Crippen molar-refractivity contribution in [2.75, 3.05) is 18.8 Å². The topological polar surface area (TPSA) is 38.5 Å². The Hall–Kier alpha value is -1.06. The van der Waals surface area contributed by atoms with Gasteiger partial charge in [0, 0.05) is 24.8 Å². The quantitative estimate of drug-likeness (QED) is 0.773. The Morgan fingerprint density at radius 2 is 1.94 bits per heavy atom. The Morgan fingerprint density at radius 1 is 1.22 bits per heavy atom. The number of nitrogen functional groups attached to an aromatic ring is 1. The van der Waals surface area contributed by atoms with Gasteiger partial charge in [0.15, 0.2) is 0 Å². The van der Waals surface area contributed by atoms with E-state index in [1.54, 1.807) is 0 Å². The molecule has 2 aliphatic rings. The van der Waals surface area contributed by atoms with E-state index in [2.05, 4.69) is 30.9 Å². The van der Waals surface area contributed by atoms with E-state index in [-0.39, 0.29) is 0 Å². The molecular formula is C15H22N2O. The fraction of sp³-hybridized carbons (Fsp3) is 0.600. The summed E-state index contributed by atoms with van der Waals surface area (Å²) in [5.74, 6) is 0. The second-order valence-electron chi connectivity index (χ2n) is 5.72. The van der Waals surface area contributed by atoms with Crippen molar-refractivity contribution in [1.29, 1.82) is 0 Å². The van der Waals surface area contributed by atoms with E-state index in [1.807, 2.05) is 6.07 Å². The van der Waals surface area contributed by atoms with Crippen molar-refractivity contribution in [1.82, 2.24) is 4.90 Å². The molecule has 3 rings (SSSR count). The molecule has 1 aliphatic carbocycles. The van der Waals surface area contributed by atoms with Gasteiger partial charge in [-0.15, -0.1) is 0 Å². The maximum atomic E-state index is 5.87. The zero-order valence-electron chi connectivity index (χ0n) is 11.2. The summed E-state index contributed by atoms with van der Waals surface area (Å²) >= 11 is 0. The largest absolute Gasteiger partial charge is 0.399 e. The molecule has 3 nitrogen and oxygen atoms in total. The average Bonchev–Trinajstić information content (AvgIpc) is 2.70. The first-order valence-electron chi connectivity index (χ1n) is 6.91. The number of anilines is 1. The number of hydrogen-bond acceptors (Lipinski definition) is 3. The molecular weight excluding hydrogens is 224 g/mol. The highest BCUT2D eigenvalue weighted by atomic mass is 16.5. The second-order valence-corrected chi connectivity index (χ2v) is 5.72. The van der Waals surface area contributed by atoms with Gasteiger partial charge in [-0.05, 0) is 49.9 Å². The lowest BCUT2D eigenvalue weighted by Gasteiger charge is -2.39. The number of aryl methyl sites for hydroxylation is 1. The van der Waals surface area contributed by atoms with Crippen molar-refractivity contribution >= 4 is 5.69 Å². The zero-order chi connectivity index (χ0) is 12.7. The molecule has 18 heavy (non-hydrogen) atoms. The van der Waals surface area contributed by atoms with Crippen LogP contribution in [0.3, 0.4) is 0 Å². The summed E-state index contributed by atoms with van der Waals surface area (Å²) in [5, 5.41) is 0. The molecule has 0 spiro atoms. The van der Waals surface area contributed by atoms with Crippen LogP contribution in [0.1, 0.15) is 37.4 Å². The molecule has 98 valence electrons. The number of benzene rings is 1. The molecule has 0 radical (unpaired) electrons. The second kappa shape index (κ2) is 4.56. The maximum absolute atomic E-state index is 5.87. The van der Waals surface area contributed by atoms with Gasteiger partial charge in [-0.1, -0.05) is 6.07 Å². The number of morpholine rings is 1. The zero-order valence-corrected chi connectivity index (χ0v) is 11.2. The minimum atomic E-state index is 0.339. The summed E-state index contributed by atoms with van der Waals surface area (Å²) in [6.07, 6.45) is 3.06. The molecule has 0 amide bonds. The third-order valence-corrected chi connectivity index (χ3v) is 4.10. The van der Waals surface area contributed by atoms with Crippen molar-refractivity contribution in [3.8, 4) is 0 Å². The van der Waals surface area contributed by atoms with E-state index < -0.39 is 0 Å². The van der Waals surface area contributed by atoms with E-state index >= 15 is 0 Å². The molecule has 2 N–H and O–H groups in total. The molecule has 1 aromatic rings. The molecule has 3 atom stereocenters. The molecule has 0 saturated carbocycles. The Kier molecular flexibility index (Phi) is 3.04. The maximum Gasteiger partial charge on any atom is 0.0678 e. The fourth-order valence-corrected chi connectivity index (χ4v) is 3.47. The van der Waals surface area contributed by atoms with Crippen LogP contribution in [0, 0.1) is 0 Å². The van der Waals surface area contributed by atoms with Crippen LogP contribution in [0.2, 0.25) is 0 Å². The van der Waals surface area contributed by atoms with E-state index in [9.17, 15) is 0 Å². The molecule has 1 aromatic carbocycles. The SMILES string of the molecule is CC1CN(C2CCc3cc(N)ccc32)CC(C)O1. The van der Waals surface area contributed by atoms with Crippen molar-refractivity contribution in [2.45, 2.75) is 44.9 Å². The van der Waals surface area contributed by atoms with Gasteiger partial charge in [-0.2, -0.15) is 0 Å². The molecule has 1 fully saturated rings. The Bertz CT molecular complexity index is 436. The van der Waals surface area contributed by atoms with E-state index in [1.165, 1.54) is 17.5 Å². The Morgan fingerprint density at radius 3 is 2.67 bits per heavy atom. The number of fused-ring (bicyclic) bond motifs is 1. The van der Waals surface area contributed by atoms with Crippen LogP contribution in [0.4, 0.5) is 5.69 Å². The van der Waals surface area contributed by atoms with Gasteiger partial charge in [-0.3, -0.25) is 4.90 Å². The van der Waals surface area contributed by atoms with Crippen LogP contribution in [0.25, 0.3) is 0 Å². The molecule has 0 bridgehead atoms. The standard InChI is InChI=1S/C15H22N2O/c1-10-8-17(9-11(2)18-10)15-6-3-12-7-13(16)4-5-14(12)15/h4-5,7,10-11,15H,3,6,8-9,16H2,1-2H3. The normalized spacial score (nSPS) is 32.4. The third kappa shape index (κ3) is 2.13. The van der Waals surface area contributed by atoms with Crippen LogP contribution in [-0.4, -0.2) is 30.2 Å². The molecule has 1 saturated heterocycles. The Labute approximate surface area is 109 Å². The highest BCUT2D eigenvalue weighted by molar-refractivity contribution is 5.47. The fourth-order valence-electron chi connectivity index (χ4n) is 3.47. The minimum Gasteiger partial charge on any atom is -0.399 e. The molecule has 3 unspecified atom stereocenters. The molecule has 1 aliphatic heterocycles. The highest BCUT2D eigenvalue weighted by Crippen LogP contribution is 2.37. The lowest BCUT2D eigenvalue weighted by molar-refractivity contribution is -0.0807. The monoisotopic (exact) mass is 246 g/mol. The van der Waals surface area contributed by atoms with E-state index in [0.29, 0.717) is 18.2 Å². The van der Waals surface area contributed by atoms with Crippen molar-refractivity contribution in [3.05, 3.63) is 29.3 Å². The average molecular weight is 246 g/mol. The summed E-state index contributed by atoms with van der Waals surface area (Å²) in [5.41, 5.74) is 9.67.